The maximum absolute atomic E-state index is 11.4. The van der Waals surface area contributed by atoms with E-state index in [4.69, 9.17) is 0 Å². The van der Waals surface area contributed by atoms with E-state index in [1.807, 2.05) is 4.68 Å². The number of carboxylic acids is 1. The zero-order chi connectivity index (χ0) is 14.1. The smallest absolute Gasteiger partial charge is 0.356 e. The van der Waals surface area contributed by atoms with Gasteiger partial charge in [0.15, 0.2) is 5.69 Å². The van der Waals surface area contributed by atoms with Gasteiger partial charge in [-0.1, -0.05) is 19.3 Å². The van der Waals surface area contributed by atoms with Crippen molar-refractivity contribution >= 4 is 5.97 Å². The molecule has 0 aromatic carbocycles. The number of hydrogen-bond donors (Lipinski definition) is 2. The highest BCUT2D eigenvalue weighted by atomic mass is 16.4. The molecule has 1 aromatic rings. The highest BCUT2D eigenvalue weighted by Crippen LogP contribution is 2.34. The molecular weight excluding hydrogens is 256 g/mol. The van der Waals surface area contributed by atoms with Gasteiger partial charge in [-0.25, -0.2) is 4.79 Å². The molecule has 5 nitrogen and oxygen atoms in total. The first-order chi connectivity index (χ1) is 9.70. The first-order valence-electron chi connectivity index (χ1n) is 7.65. The summed E-state index contributed by atoms with van der Waals surface area (Å²) in [6, 6.07) is 0.372. The number of aliphatic hydroxyl groups excluding tert-OH is 1. The van der Waals surface area contributed by atoms with Crippen LogP contribution in [0.2, 0.25) is 0 Å². The van der Waals surface area contributed by atoms with Crippen molar-refractivity contribution in [2.45, 2.75) is 57.4 Å². The van der Waals surface area contributed by atoms with Crippen LogP contribution in [0.15, 0.2) is 0 Å². The first kappa shape index (κ1) is 13.6. The molecule has 2 aliphatic rings. The van der Waals surface area contributed by atoms with Gasteiger partial charge in [-0.15, -0.1) is 0 Å². The van der Waals surface area contributed by atoms with Gasteiger partial charge in [0.25, 0.3) is 0 Å². The van der Waals surface area contributed by atoms with Crippen LogP contribution in [-0.2, 0) is 12.8 Å². The molecule has 0 radical (unpaired) electrons. The molecular formula is C15H22N2O3. The quantitative estimate of drug-likeness (QED) is 0.888. The van der Waals surface area contributed by atoms with Crippen molar-refractivity contribution in [3.63, 3.8) is 0 Å². The number of aliphatic hydroxyl groups is 1. The zero-order valence-electron chi connectivity index (χ0n) is 11.7. The Kier molecular flexibility index (Phi) is 3.78. The molecule has 1 heterocycles. The largest absolute Gasteiger partial charge is 0.476 e. The van der Waals surface area contributed by atoms with Crippen molar-refractivity contribution < 1.29 is 15.0 Å². The van der Waals surface area contributed by atoms with Crippen LogP contribution in [-0.4, -0.2) is 32.6 Å². The van der Waals surface area contributed by atoms with Crippen molar-refractivity contribution in [3.05, 3.63) is 17.0 Å². The van der Waals surface area contributed by atoms with E-state index in [0.29, 0.717) is 12.5 Å². The van der Waals surface area contributed by atoms with Crippen molar-refractivity contribution in [2.75, 3.05) is 6.61 Å². The fourth-order valence-corrected chi connectivity index (χ4v) is 3.67. The lowest BCUT2D eigenvalue weighted by molar-refractivity contribution is 0.0687. The van der Waals surface area contributed by atoms with Gasteiger partial charge in [0.1, 0.15) is 0 Å². The number of rotatable bonds is 3. The molecule has 0 amide bonds. The summed E-state index contributed by atoms with van der Waals surface area (Å²) in [5.41, 5.74) is 2.19. The van der Waals surface area contributed by atoms with Gasteiger partial charge in [-0.05, 0) is 38.0 Å². The normalized spacial score (nSPS) is 23.6. The molecule has 1 saturated carbocycles. The Labute approximate surface area is 118 Å². The Bertz CT molecular complexity index is 503. The monoisotopic (exact) mass is 278 g/mol. The molecule has 3 rings (SSSR count). The Morgan fingerprint density at radius 3 is 2.65 bits per heavy atom. The van der Waals surface area contributed by atoms with E-state index in [-0.39, 0.29) is 18.2 Å². The van der Waals surface area contributed by atoms with E-state index >= 15 is 0 Å². The summed E-state index contributed by atoms with van der Waals surface area (Å²) in [4.78, 5) is 11.4. The molecule has 2 N–H and O–H groups in total. The molecule has 2 aliphatic carbocycles. The minimum absolute atomic E-state index is 0.132. The Balaban J connectivity index is 1.97. The second-order valence-corrected chi connectivity index (χ2v) is 6.11. The number of fused-ring (bicyclic) bond motifs is 1. The third-order valence-electron chi connectivity index (χ3n) is 4.78. The first-order valence-corrected chi connectivity index (χ1v) is 7.65. The number of carboxylic acid groups (broad SMARTS) is 1. The van der Waals surface area contributed by atoms with E-state index in [1.165, 1.54) is 19.3 Å². The van der Waals surface area contributed by atoms with E-state index in [9.17, 15) is 15.0 Å². The van der Waals surface area contributed by atoms with E-state index in [0.717, 1.165) is 36.9 Å². The average Bonchev–Trinajstić information content (AvgIpc) is 2.87. The lowest BCUT2D eigenvalue weighted by Gasteiger charge is -2.27. The summed E-state index contributed by atoms with van der Waals surface area (Å²) in [5.74, 6) is -0.751. The van der Waals surface area contributed by atoms with E-state index in [1.54, 1.807) is 0 Å². The van der Waals surface area contributed by atoms with Gasteiger partial charge in [0.2, 0.25) is 0 Å². The van der Waals surface area contributed by atoms with Crippen LogP contribution < -0.4 is 0 Å². The van der Waals surface area contributed by atoms with Gasteiger partial charge < -0.3 is 10.2 Å². The van der Waals surface area contributed by atoms with Gasteiger partial charge in [0, 0.05) is 17.9 Å². The van der Waals surface area contributed by atoms with Crippen LogP contribution in [0, 0.1) is 5.92 Å². The average molecular weight is 278 g/mol. The van der Waals surface area contributed by atoms with Gasteiger partial charge in [-0.3, -0.25) is 4.68 Å². The van der Waals surface area contributed by atoms with Crippen molar-refractivity contribution in [1.29, 1.82) is 0 Å². The Morgan fingerprint density at radius 1 is 1.25 bits per heavy atom. The Hall–Kier alpha value is -1.36. The summed E-state index contributed by atoms with van der Waals surface area (Å²) >= 11 is 0. The zero-order valence-corrected chi connectivity index (χ0v) is 11.7. The maximum atomic E-state index is 11.4. The molecule has 1 atom stereocenters. The molecule has 110 valence electrons. The molecule has 0 aliphatic heterocycles. The number of hydrogen-bond acceptors (Lipinski definition) is 3. The van der Waals surface area contributed by atoms with E-state index < -0.39 is 5.97 Å². The minimum atomic E-state index is -0.936. The molecule has 1 aromatic heterocycles. The molecule has 0 spiro atoms. The molecule has 20 heavy (non-hydrogen) atoms. The fraction of sp³-hybridized carbons (Fsp3) is 0.733. The number of aromatic carboxylic acids is 1. The minimum Gasteiger partial charge on any atom is -0.476 e. The molecule has 0 bridgehead atoms. The van der Waals surface area contributed by atoms with Crippen LogP contribution in [0.3, 0.4) is 0 Å². The molecule has 0 saturated heterocycles. The lowest BCUT2D eigenvalue weighted by Crippen LogP contribution is -2.22. The topological polar surface area (TPSA) is 75.3 Å². The second-order valence-electron chi connectivity index (χ2n) is 6.11. The van der Waals surface area contributed by atoms with Crippen LogP contribution >= 0.6 is 0 Å². The number of aromatic nitrogens is 2. The van der Waals surface area contributed by atoms with Crippen LogP contribution in [0.4, 0.5) is 0 Å². The van der Waals surface area contributed by atoms with Crippen LogP contribution in [0.1, 0.15) is 66.3 Å². The number of nitrogens with zero attached hydrogens (tertiary/aromatic N) is 2. The standard InChI is InChI=1S/C15H22N2O3/c18-9-10-6-7-13-12(8-10)14(15(19)20)16-17(13)11-4-2-1-3-5-11/h10-11,18H,1-9H2,(H,19,20). The van der Waals surface area contributed by atoms with Crippen LogP contribution in [0.25, 0.3) is 0 Å². The van der Waals surface area contributed by atoms with Gasteiger partial charge in [-0.2, -0.15) is 5.10 Å². The lowest BCUT2D eigenvalue weighted by atomic mass is 9.86. The summed E-state index contributed by atoms with van der Waals surface area (Å²) in [6.45, 7) is 0.132. The highest BCUT2D eigenvalue weighted by Gasteiger charge is 2.31. The molecule has 5 heteroatoms. The third-order valence-corrected chi connectivity index (χ3v) is 4.78. The predicted molar refractivity (Wildman–Crippen MR) is 73.9 cm³/mol. The summed E-state index contributed by atoms with van der Waals surface area (Å²) in [5, 5.41) is 23.1. The summed E-state index contributed by atoms with van der Waals surface area (Å²) < 4.78 is 2.01. The summed E-state index contributed by atoms with van der Waals surface area (Å²) in [7, 11) is 0. The number of carbonyl (C=O) groups is 1. The van der Waals surface area contributed by atoms with Gasteiger partial charge in [0.05, 0.1) is 6.04 Å². The highest BCUT2D eigenvalue weighted by molar-refractivity contribution is 5.87. The maximum Gasteiger partial charge on any atom is 0.356 e. The summed E-state index contributed by atoms with van der Waals surface area (Å²) in [6.07, 6.45) is 8.34. The van der Waals surface area contributed by atoms with Gasteiger partial charge >= 0.3 is 5.97 Å². The predicted octanol–water partition coefficient (Wildman–Crippen LogP) is 2.18. The second kappa shape index (κ2) is 5.56. The SMILES string of the molecule is O=C(O)c1nn(C2CCCCC2)c2c1CC(CO)CC2. The van der Waals surface area contributed by atoms with Crippen LogP contribution in [0.5, 0.6) is 0 Å². The third kappa shape index (κ3) is 2.35. The van der Waals surface area contributed by atoms with Crippen molar-refractivity contribution in [2.24, 2.45) is 5.92 Å². The molecule has 1 unspecified atom stereocenters. The van der Waals surface area contributed by atoms with Crippen molar-refractivity contribution in [3.8, 4) is 0 Å². The Morgan fingerprint density at radius 2 is 2.00 bits per heavy atom. The van der Waals surface area contributed by atoms with Crippen molar-refractivity contribution in [1.82, 2.24) is 9.78 Å². The molecule has 1 fully saturated rings. The fourth-order valence-electron chi connectivity index (χ4n) is 3.67. The van der Waals surface area contributed by atoms with E-state index in [2.05, 4.69) is 5.10 Å².